The molecule has 1 aliphatic rings. The Balaban J connectivity index is 1.15. The summed E-state index contributed by atoms with van der Waals surface area (Å²) in [5, 5.41) is 4.95. The highest BCUT2D eigenvalue weighted by molar-refractivity contribution is 5.99. The molecule has 0 saturated heterocycles. The van der Waals surface area contributed by atoms with Gasteiger partial charge in [-0.2, -0.15) is 0 Å². The minimum absolute atomic E-state index is 1.05. The highest BCUT2D eigenvalue weighted by Crippen LogP contribution is 2.40. The Labute approximate surface area is 270 Å². The minimum Gasteiger partial charge on any atom is -0.310 e. The van der Waals surface area contributed by atoms with Crippen molar-refractivity contribution in [3.05, 3.63) is 188 Å². The van der Waals surface area contributed by atoms with E-state index in [4.69, 9.17) is 0 Å². The van der Waals surface area contributed by atoms with E-state index >= 15 is 0 Å². The van der Waals surface area contributed by atoms with Gasteiger partial charge in [0.15, 0.2) is 0 Å². The van der Waals surface area contributed by atoms with Crippen LogP contribution in [0.15, 0.2) is 188 Å². The van der Waals surface area contributed by atoms with Gasteiger partial charge in [-0.25, -0.2) is 0 Å². The smallest absolute Gasteiger partial charge is 0.0540 e. The van der Waals surface area contributed by atoms with Crippen molar-refractivity contribution in [1.82, 2.24) is 0 Å². The maximum Gasteiger partial charge on any atom is 0.0540 e. The van der Waals surface area contributed by atoms with Crippen molar-refractivity contribution in [2.24, 2.45) is 0 Å². The first-order chi connectivity index (χ1) is 22.8. The molecule has 0 unspecified atom stereocenters. The van der Waals surface area contributed by atoms with Crippen LogP contribution >= 0.6 is 0 Å². The number of hydrogen-bond donors (Lipinski definition) is 0. The third kappa shape index (κ3) is 5.25. The van der Waals surface area contributed by atoms with Crippen LogP contribution < -0.4 is 9.80 Å². The van der Waals surface area contributed by atoms with Crippen molar-refractivity contribution in [3.8, 4) is 11.1 Å². The van der Waals surface area contributed by atoms with Crippen LogP contribution in [0.2, 0.25) is 0 Å². The number of benzene rings is 7. The number of para-hydroxylation sites is 1. The molecule has 0 radical (unpaired) electrons. The second kappa shape index (κ2) is 12.3. The number of nitrogens with zero attached hydrogens (tertiary/aromatic N) is 2. The lowest BCUT2D eigenvalue weighted by Gasteiger charge is -2.29. The molecule has 0 N–H and O–H groups in total. The molecule has 46 heavy (non-hydrogen) atoms. The molecular weight excluding hydrogens is 556 g/mol. The van der Waals surface area contributed by atoms with Gasteiger partial charge in [0.25, 0.3) is 0 Å². The number of hydrogen-bond acceptors (Lipinski definition) is 2. The van der Waals surface area contributed by atoms with Crippen LogP contribution in [0.5, 0.6) is 0 Å². The van der Waals surface area contributed by atoms with Crippen LogP contribution in [0.4, 0.5) is 28.4 Å². The molecule has 0 atom stereocenters. The van der Waals surface area contributed by atoms with Gasteiger partial charge in [-0.1, -0.05) is 127 Å². The van der Waals surface area contributed by atoms with Crippen molar-refractivity contribution in [2.75, 3.05) is 9.80 Å². The molecule has 0 fully saturated rings. The third-order valence-electron chi connectivity index (χ3n) is 8.85. The SMILES string of the molecule is C1=CC(N(c2ccc(-c3ccc(N(c4ccccc4)c4cccc5ccccc45)cc3)cc2)c2cccc3ccccc23)=CCC1. The number of allylic oxidation sites excluding steroid dienone is 3. The normalized spacial score (nSPS) is 12.7. The summed E-state index contributed by atoms with van der Waals surface area (Å²) in [5.41, 5.74) is 9.38. The molecular formula is C44H34N2. The average molecular weight is 591 g/mol. The van der Waals surface area contributed by atoms with E-state index in [1.165, 1.54) is 49.7 Å². The van der Waals surface area contributed by atoms with Crippen LogP contribution in [0.1, 0.15) is 12.8 Å². The molecule has 0 aliphatic heterocycles. The zero-order valence-corrected chi connectivity index (χ0v) is 25.6. The van der Waals surface area contributed by atoms with Gasteiger partial charge in [0.2, 0.25) is 0 Å². The molecule has 2 heteroatoms. The van der Waals surface area contributed by atoms with E-state index < -0.39 is 0 Å². The molecule has 0 amide bonds. The van der Waals surface area contributed by atoms with Gasteiger partial charge in [-0.15, -0.1) is 0 Å². The number of rotatable bonds is 7. The van der Waals surface area contributed by atoms with Crippen LogP contribution in [0.25, 0.3) is 32.7 Å². The summed E-state index contributed by atoms with van der Waals surface area (Å²) >= 11 is 0. The molecule has 7 aromatic rings. The maximum absolute atomic E-state index is 2.40. The summed E-state index contributed by atoms with van der Waals surface area (Å²) < 4.78 is 0. The molecule has 0 bridgehead atoms. The first-order valence-electron chi connectivity index (χ1n) is 16.0. The Morgan fingerprint density at radius 2 is 0.848 bits per heavy atom. The topological polar surface area (TPSA) is 6.48 Å². The molecule has 220 valence electrons. The lowest BCUT2D eigenvalue weighted by Crippen LogP contribution is -2.16. The Morgan fingerprint density at radius 1 is 0.370 bits per heavy atom. The van der Waals surface area contributed by atoms with Gasteiger partial charge in [0.05, 0.1) is 11.4 Å². The molecule has 0 heterocycles. The largest absolute Gasteiger partial charge is 0.310 e. The predicted octanol–water partition coefficient (Wildman–Crippen LogP) is 12.5. The highest BCUT2D eigenvalue weighted by atomic mass is 15.2. The fourth-order valence-corrected chi connectivity index (χ4v) is 6.61. The lowest BCUT2D eigenvalue weighted by molar-refractivity contribution is 0.998. The van der Waals surface area contributed by atoms with Gasteiger partial charge < -0.3 is 9.80 Å². The lowest BCUT2D eigenvalue weighted by atomic mass is 10.0. The predicted molar refractivity (Wildman–Crippen MR) is 197 cm³/mol. The first kappa shape index (κ1) is 27.7. The van der Waals surface area contributed by atoms with E-state index in [-0.39, 0.29) is 0 Å². The van der Waals surface area contributed by atoms with Crippen molar-refractivity contribution >= 4 is 50.0 Å². The first-order valence-corrected chi connectivity index (χ1v) is 16.0. The molecule has 7 aromatic carbocycles. The van der Waals surface area contributed by atoms with Gasteiger partial charge in [0.1, 0.15) is 0 Å². The quantitative estimate of drug-likeness (QED) is 0.182. The minimum atomic E-state index is 1.05. The van der Waals surface area contributed by atoms with E-state index in [0.29, 0.717) is 0 Å². The summed E-state index contributed by atoms with van der Waals surface area (Å²) in [6.45, 7) is 0. The summed E-state index contributed by atoms with van der Waals surface area (Å²) in [7, 11) is 0. The van der Waals surface area contributed by atoms with Crippen molar-refractivity contribution < 1.29 is 0 Å². The molecule has 1 aliphatic carbocycles. The molecule has 8 rings (SSSR count). The van der Waals surface area contributed by atoms with E-state index in [9.17, 15) is 0 Å². The second-order valence-electron chi connectivity index (χ2n) is 11.7. The number of anilines is 5. The standard InChI is InChI=1S/C44H34N2/c1-3-17-37(18-4-1)45(43-23-11-15-35-13-7-9-21-41(35)43)39-29-25-33(26-30-39)34-27-31-40(32-28-34)46(38-19-5-2-6-20-38)44-24-12-16-36-14-8-10-22-42(36)44/h1,3-5,7-32H,2,6H2. The van der Waals surface area contributed by atoms with Gasteiger partial charge >= 0.3 is 0 Å². The van der Waals surface area contributed by atoms with Crippen molar-refractivity contribution in [2.45, 2.75) is 12.8 Å². The zero-order valence-electron chi connectivity index (χ0n) is 25.6. The van der Waals surface area contributed by atoms with E-state index in [1.54, 1.807) is 0 Å². The maximum atomic E-state index is 2.40. The molecule has 0 saturated carbocycles. The van der Waals surface area contributed by atoms with Crippen LogP contribution in [-0.2, 0) is 0 Å². The Bertz CT molecular complexity index is 2180. The summed E-state index contributed by atoms with van der Waals surface area (Å²) in [6.07, 6.45) is 9.02. The molecule has 0 aromatic heterocycles. The summed E-state index contributed by atoms with van der Waals surface area (Å²) in [6, 6.07) is 58.9. The summed E-state index contributed by atoms with van der Waals surface area (Å²) in [4.78, 5) is 4.75. The van der Waals surface area contributed by atoms with Gasteiger partial charge in [0, 0.05) is 33.5 Å². The van der Waals surface area contributed by atoms with E-state index in [0.717, 1.165) is 29.9 Å². The molecule has 0 spiro atoms. The van der Waals surface area contributed by atoms with Crippen molar-refractivity contribution in [1.29, 1.82) is 0 Å². The van der Waals surface area contributed by atoms with Crippen LogP contribution in [-0.4, -0.2) is 0 Å². The van der Waals surface area contributed by atoms with Gasteiger partial charge in [-0.05, 0) is 89.3 Å². The Kier molecular flexibility index (Phi) is 7.38. The van der Waals surface area contributed by atoms with Crippen LogP contribution in [0, 0.1) is 0 Å². The third-order valence-corrected chi connectivity index (χ3v) is 8.85. The zero-order chi connectivity index (χ0) is 30.7. The number of fused-ring (bicyclic) bond motifs is 2. The average Bonchev–Trinajstić information content (AvgIpc) is 3.14. The molecule has 2 nitrogen and oxygen atoms in total. The Hall–Kier alpha value is -5.86. The van der Waals surface area contributed by atoms with E-state index in [2.05, 4.69) is 192 Å². The van der Waals surface area contributed by atoms with Crippen LogP contribution in [0.3, 0.4) is 0 Å². The fourth-order valence-electron chi connectivity index (χ4n) is 6.61. The Morgan fingerprint density at radius 3 is 1.41 bits per heavy atom. The van der Waals surface area contributed by atoms with E-state index in [1.807, 2.05) is 0 Å². The fraction of sp³-hybridized carbons (Fsp3) is 0.0455. The van der Waals surface area contributed by atoms with Crippen molar-refractivity contribution in [3.63, 3.8) is 0 Å². The monoisotopic (exact) mass is 590 g/mol. The highest BCUT2D eigenvalue weighted by Gasteiger charge is 2.18. The van der Waals surface area contributed by atoms with Gasteiger partial charge in [-0.3, -0.25) is 0 Å². The second-order valence-corrected chi connectivity index (χ2v) is 11.7. The summed E-state index contributed by atoms with van der Waals surface area (Å²) in [5.74, 6) is 0.